The maximum Gasteiger partial charge on any atom is 0.0946 e. The lowest BCUT2D eigenvalue weighted by Gasteiger charge is -2.25. The molecule has 0 aliphatic carbocycles. The Morgan fingerprint density at radius 3 is 2.71 bits per heavy atom. The molecule has 1 saturated heterocycles. The summed E-state index contributed by atoms with van der Waals surface area (Å²) in [5.41, 5.74) is 2.66. The Bertz CT molecular complexity index is 545. The molecule has 4 nitrogen and oxygen atoms in total. The quantitative estimate of drug-likeness (QED) is 0.843. The normalized spacial score (nSPS) is 19.0. The number of aromatic nitrogens is 2. The molecule has 1 atom stereocenters. The Kier molecular flexibility index (Phi) is 4.25. The second-order valence-electron chi connectivity index (χ2n) is 6.09. The standard InChI is InChI=1S/C17H24N4/c1-19(2)16-7-5-15(6-8-16)12-21-10-3-4-17(21)13-20-11-9-18-14-20/h5-9,11,14,17H,3-4,10,12-13H2,1-2H3/t17-/m1/s1. The molecule has 4 heteroatoms. The van der Waals surface area contributed by atoms with Crippen LogP contribution in [0.15, 0.2) is 43.0 Å². The van der Waals surface area contributed by atoms with Gasteiger partial charge in [0.1, 0.15) is 0 Å². The molecule has 0 spiro atoms. The van der Waals surface area contributed by atoms with Gasteiger partial charge in [-0.2, -0.15) is 0 Å². The van der Waals surface area contributed by atoms with E-state index in [0.717, 1.165) is 13.1 Å². The van der Waals surface area contributed by atoms with Crippen molar-refractivity contribution in [2.75, 3.05) is 25.5 Å². The molecule has 112 valence electrons. The predicted octanol–water partition coefficient (Wildman–Crippen LogP) is 2.61. The summed E-state index contributed by atoms with van der Waals surface area (Å²) in [5.74, 6) is 0. The van der Waals surface area contributed by atoms with Crippen molar-refractivity contribution in [2.45, 2.75) is 32.0 Å². The lowest BCUT2D eigenvalue weighted by Crippen LogP contribution is -2.32. The third kappa shape index (κ3) is 3.45. The van der Waals surface area contributed by atoms with Crippen LogP contribution in [0.25, 0.3) is 0 Å². The Morgan fingerprint density at radius 2 is 2.05 bits per heavy atom. The van der Waals surface area contributed by atoms with Gasteiger partial charge in [0.15, 0.2) is 0 Å². The average Bonchev–Trinajstić information content (AvgIpc) is 3.13. The fourth-order valence-electron chi connectivity index (χ4n) is 3.08. The van der Waals surface area contributed by atoms with Crippen molar-refractivity contribution in [3.05, 3.63) is 48.5 Å². The Morgan fingerprint density at radius 1 is 1.24 bits per heavy atom. The van der Waals surface area contributed by atoms with E-state index in [1.165, 1.54) is 30.6 Å². The van der Waals surface area contributed by atoms with E-state index in [2.05, 4.69) is 63.9 Å². The van der Waals surface area contributed by atoms with Gasteiger partial charge in [0.2, 0.25) is 0 Å². The van der Waals surface area contributed by atoms with Crippen molar-refractivity contribution >= 4 is 5.69 Å². The first kappa shape index (κ1) is 14.1. The molecule has 0 saturated carbocycles. The highest BCUT2D eigenvalue weighted by Gasteiger charge is 2.24. The van der Waals surface area contributed by atoms with Crippen LogP contribution in [-0.2, 0) is 13.1 Å². The molecule has 21 heavy (non-hydrogen) atoms. The number of nitrogens with zero attached hydrogens (tertiary/aromatic N) is 4. The van der Waals surface area contributed by atoms with Gasteiger partial charge in [-0.15, -0.1) is 0 Å². The molecule has 0 bridgehead atoms. The summed E-state index contributed by atoms with van der Waals surface area (Å²) in [6, 6.07) is 9.55. The molecule has 2 heterocycles. The SMILES string of the molecule is CN(C)c1ccc(CN2CCC[C@@H]2Cn2ccnc2)cc1. The van der Waals surface area contributed by atoms with Crippen molar-refractivity contribution in [2.24, 2.45) is 0 Å². The van der Waals surface area contributed by atoms with Gasteiger partial charge in [-0.25, -0.2) is 4.98 Å². The molecule has 1 aromatic heterocycles. The van der Waals surface area contributed by atoms with Crippen LogP contribution in [-0.4, -0.2) is 41.1 Å². The zero-order chi connectivity index (χ0) is 14.7. The lowest BCUT2D eigenvalue weighted by molar-refractivity contribution is 0.224. The molecule has 3 rings (SSSR count). The maximum atomic E-state index is 4.14. The summed E-state index contributed by atoms with van der Waals surface area (Å²) < 4.78 is 2.19. The molecular formula is C17H24N4. The van der Waals surface area contributed by atoms with Gasteiger partial charge in [-0.1, -0.05) is 12.1 Å². The molecular weight excluding hydrogens is 260 g/mol. The smallest absolute Gasteiger partial charge is 0.0946 e. The Balaban J connectivity index is 1.63. The number of rotatable bonds is 5. The van der Waals surface area contributed by atoms with E-state index >= 15 is 0 Å². The first-order valence-corrected chi connectivity index (χ1v) is 7.68. The van der Waals surface area contributed by atoms with Crippen LogP contribution in [0.2, 0.25) is 0 Å². The molecule has 1 fully saturated rings. The highest BCUT2D eigenvalue weighted by Crippen LogP contribution is 2.22. The van der Waals surface area contributed by atoms with Crippen LogP contribution in [0.5, 0.6) is 0 Å². The van der Waals surface area contributed by atoms with Crippen molar-refractivity contribution < 1.29 is 0 Å². The molecule has 1 aromatic carbocycles. The first-order chi connectivity index (χ1) is 10.2. The average molecular weight is 284 g/mol. The zero-order valence-corrected chi connectivity index (χ0v) is 12.9. The molecule has 1 aliphatic rings. The van der Waals surface area contributed by atoms with Gasteiger partial charge in [0, 0.05) is 51.3 Å². The van der Waals surface area contributed by atoms with Gasteiger partial charge >= 0.3 is 0 Å². The van der Waals surface area contributed by atoms with E-state index in [4.69, 9.17) is 0 Å². The van der Waals surface area contributed by atoms with Crippen molar-refractivity contribution in [3.63, 3.8) is 0 Å². The third-order valence-electron chi connectivity index (χ3n) is 4.32. The summed E-state index contributed by atoms with van der Waals surface area (Å²) >= 11 is 0. The molecule has 0 amide bonds. The van der Waals surface area contributed by atoms with Crippen LogP contribution in [0.4, 0.5) is 5.69 Å². The van der Waals surface area contributed by atoms with Gasteiger partial charge in [0.25, 0.3) is 0 Å². The fraction of sp³-hybridized carbons (Fsp3) is 0.471. The highest BCUT2D eigenvalue weighted by atomic mass is 15.2. The number of likely N-dealkylation sites (tertiary alicyclic amines) is 1. The van der Waals surface area contributed by atoms with Crippen LogP contribution >= 0.6 is 0 Å². The molecule has 0 unspecified atom stereocenters. The van der Waals surface area contributed by atoms with Crippen molar-refractivity contribution in [1.82, 2.24) is 14.5 Å². The topological polar surface area (TPSA) is 24.3 Å². The number of anilines is 1. The Labute approximate surface area is 127 Å². The van der Waals surface area contributed by atoms with Gasteiger partial charge in [-0.05, 0) is 37.1 Å². The second-order valence-corrected chi connectivity index (χ2v) is 6.09. The minimum absolute atomic E-state index is 0.632. The van der Waals surface area contributed by atoms with Gasteiger partial charge in [0.05, 0.1) is 6.33 Å². The highest BCUT2D eigenvalue weighted by molar-refractivity contribution is 5.45. The number of hydrogen-bond acceptors (Lipinski definition) is 3. The fourth-order valence-corrected chi connectivity index (χ4v) is 3.08. The summed E-state index contributed by atoms with van der Waals surface area (Å²) in [4.78, 5) is 8.88. The minimum atomic E-state index is 0.632. The van der Waals surface area contributed by atoms with E-state index in [9.17, 15) is 0 Å². The molecule has 1 aliphatic heterocycles. The molecule has 0 N–H and O–H groups in total. The first-order valence-electron chi connectivity index (χ1n) is 7.68. The minimum Gasteiger partial charge on any atom is -0.378 e. The molecule has 0 radical (unpaired) electrons. The number of hydrogen-bond donors (Lipinski definition) is 0. The summed E-state index contributed by atoms with van der Waals surface area (Å²) in [7, 11) is 4.16. The number of imidazole rings is 1. The largest absolute Gasteiger partial charge is 0.378 e. The monoisotopic (exact) mass is 284 g/mol. The van der Waals surface area contributed by atoms with E-state index in [1.54, 1.807) is 0 Å². The van der Waals surface area contributed by atoms with E-state index in [0.29, 0.717) is 6.04 Å². The van der Waals surface area contributed by atoms with Crippen LogP contribution < -0.4 is 4.90 Å². The summed E-state index contributed by atoms with van der Waals surface area (Å²) in [5, 5.41) is 0. The zero-order valence-electron chi connectivity index (χ0n) is 12.9. The number of benzene rings is 1. The van der Waals surface area contributed by atoms with E-state index < -0.39 is 0 Å². The van der Waals surface area contributed by atoms with Crippen LogP contribution in [0, 0.1) is 0 Å². The second kappa shape index (κ2) is 6.31. The van der Waals surface area contributed by atoms with Crippen molar-refractivity contribution in [3.8, 4) is 0 Å². The van der Waals surface area contributed by atoms with Crippen molar-refractivity contribution in [1.29, 1.82) is 0 Å². The van der Waals surface area contributed by atoms with E-state index in [1.807, 2.05) is 12.5 Å². The van der Waals surface area contributed by atoms with Crippen LogP contribution in [0.1, 0.15) is 18.4 Å². The maximum absolute atomic E-state index is 4.14. The lowest BCUT2D eigenvalue weighted by atomic mass is 10.1. The predicted molar refractivity (Wildman–Crippen MR) is 86.4 cm³/mol. The summed E-state index contributed by atoms with van der Waals surface area (Å²) in [6.07, 6.45) is 8.42. The van der Waals surface area contributed by atoms with Gasteiger partial charge < -0.3 is 9.47 Å². The van der Waals surface area contributed by atoms with E-state index in [-0.39, 0.29) is 0 Å². The molecule has 2 aromatic rings. The third-order valence-corrected chi connectivity index (χ3v) is 4.32. The Hall–Kier alpha value is -1.81. The van der Waals surface area contributed by atoms with Gasteiger partial charge in [-0.3, -0.25) is 4.90 Å². The summed E-state index contributed by atoms with van der Waals surface area (Å²) in [6.45, 7) is 3.30. The van der Waals surface area contributed by atoms with Crippen LogP contribution in [0.3, 0.4) is 0 Å².